The Morgan fingerprint density at radius 1 is 1.00 bits per heavy atom. The summed E-state index contributed by atoms with van der Waals surface area (Å²) in [7, 11) is 2.64. The summed E-state index contributed by atoms with van der Waals surface area (Å²) in [6, 6.07) is 17.8. The van der Waals surface area contributed by atoms with Crippen LogP contribution in [0.25, 0.3) is 0 Å². The summed E-state index contributed by atoms with van der Waals surface area (Å²) in [5.41, 5.74) is 0.726. The lowest BCUT2D eigenvalue weighted by atomic mass is 9.83. The summed E-state index contributed by atoms with van der Waals surface area (Å²) in [6.45, 7) is 0. The van der Waals surface area contributed by atoms with Crippen LogP contribution >= 0.6 is 11.8 Å². The van der Waals surface area contributed by atoms with Gasteiger partial charge < -0.3 is 14.4 Å². The number of carbonyl (C=O) groups is 2. The number of hydrogen-bond donors (Lipinski definition) is 0. The highest BCUT2D eigenvalue weighted by atomic mass is 32.2. The van der Waals surface area contributed by atoms with E-state index in [4.69, 9.17) is 9.47 Å². The van der Waals surface area contributed by atoms with E-state index in [0.717, 1.165) is 16.1 Å². The van der Waals surface area contributed by atoms with E-state index in [9.17, 15) is 9.59 Å². The molecule has 0 radical (unpaired) electrons. The van der Waals surface area contributed by atoms with Crippen LogP contribution in [0.2, 0.25) is 0 Å². The van der Waals surface area contributed by atoms with Crippen molar-refractivity contribution in [2.75, 3.05) is 19.1 Å². The summed E-state index contributed by atoms with van der Waals surface area (Å²) in [6.07, 6.45) is 0.322. The molecule has 1 fully saturated rings. The van der Waals surface area contributed by atoms with Gasteiger partial charge in [-0.2, -0.15) is 0 Å². The van der Waals surface area contributed by atoms with Crippen LogP contribution < -0.4 is 4.90 Å². The van der Waals surface area contributed by atoms with Gasteiger partial charge in [0.2, 0.25) is 0 Å². The van der Waals surface area contributed by atoms with E-state index < -0.39 is 22.7 Å². The molecular weight excluding hydrogens is 350 g/mol. The average Bonchev–Trinajstić information content (AvgIpc) is 3.23. The molecule has 6 heteroatoms. The number of nitrogens with zero attached hydrogens (tertiary/aromatic N) is 1. The number of fused-ring (bicyclic) bond motifs is 3. The van der Waals surface area contributed by atoms with Crippen LogP contribution in [0.4, 0.5) is 5.69 Å². The molecule has 2 atom stereocenters. The lowest BCUT2D eigenvalue weighted by Gasteiger charge is -2.30. The number of benzene rings is 2. The maximum absolute atomic E-state index is 12.8. The summed E-state index contributed by atoms with van der Waals surface area (Å²) >= 11 is 1.52. The fourth-order valence-electron chi connectivity index (χ4n) is 4.02. The number of carbonyl (C=O) groups excluding carboxylic acids is 2. The van der Waals surface area contributed by atoms with Crippen LogP contribution in [0.15, 0.2) is 59.5 Å². The first kappa shape index (κ1) is 17.0. The monoisotopic (exact) mass is 369 g/mol. The van der Waals surface area contributed by atoms with Crippen molar-refractivity contribution in [2.45, 2.75) is 22.7 Å². The Bertz CT molecular complexity index is 838. The molecule has 0 bridgehead atoms. The number of ether oxygens (including phenoxy) is 2. The van der Waals surface area contributed by atoms with Crippen molar-refractivity contribution in [1.82, 2.24) is 0 Å². The third-order valence-corrected chi connectivity index (χ3v) is 6.64. The number of thioether (sulfide) groups is 1. The van der Waals surface area contributed by atoms with Crippen LogP contribution in [0, 0.1) is 5.41 Å². The van der Waals surface area contributed by atoms with E-state index in [-0.39, 0.29) is 6.04 Å². The van der Waals surface area contributed by atoms with Crippen molar-refractivity contribution in [3.8, 4) is 0 Å². The molecule has 5 nitrogen and oxygen atoms in total. The second kappa shape index (κ2) is 6.36. The smallest absolute Gasteiger partial charge is 0.326 e. The van der Waals surface area contributed by atoms with Crippen molar-refractivity contribution in [3.05, 3.63) is 60.2 Å². The van der Waals surface area contributed by atoms with E-state index in [0.29, 0.717) is 6.42 Å². The summed E-state index contributed by atoms with van der Waals surface area (Å²) in [5, 5.41) is -0.398. The predicted molar refractivity (Wildman–Crippen MR) is 98.8 cm³/mol. The molecule has 0 amide bonds. The van der Waals surface area contributed by atoms with Gasteiger partial charge in [0, 0.05) is 11.3 Å². The molecule has 134 valence electrons. The zero-order valence-electron chi connectivity index (χ0n) is 14.5. The number of hydrogen-bond acceptors (Lipinski definition) is 6. The average molecular weight is 369 g/mol. The first-order valence-corrected chi connectivity index (χ1v) is 9.27. The Morgan fingerprint density at radius 2 is 1.62 bits per heavy atom. The lowest BCUT2D eigenvalue weighted by Crippen LogP contribution is -2.48. The topological polar surface area (TPSA) is 55.8 Å². The zero-order chi connectivity index (χ0) is 18.3. The molecule has 0 spiro atoms. The Labute approximate surface area is 156 Å². The van der Waals surface area contributed by atoms with Gasteiger partial charge >= 0.3 is 11.9 Å². The molecule has 0 aromatic heterocycles. The molecule has 0 N–H and O–H groups in total. The summed E-state index contributed by atoms with van der Waals surface area (Å²) in [5.74, 6) is -1.09. The Morgan fingerprint density at radius 3 is 2.27 bits per heavy atom. The predicted octanol–water partition coefficient (Wildman–Crippen LogP) is 3.40. The molecule has 2 aromatic rings. The fourth-order valence-corrected chi connectivity index (χ4v) is 5.57. The molecular formula is C20H19NO4S. The highest BCUT2D eigenvalue weighted by Gasteiger charge is 2.66. The van der Waals surface area contributed by atoms with Gasteiger partial charge in [-0.05, 0) is 17.7 Å². The minimum absolute atomic E-state index is 0.115. The Balaban J connectivity index is 1.90. The minimum Gasteiger partial charge on any atom is -0.468 e. The molecule has 2 aliphatic heterocycles. The lowest BCUT2D eigenvalue weighted by molar-refractivity contribution is -0.168. The maximum Gasteiger partial charge on any atom is 0.326 e. The first-order valence-electron chi connectivity index (χ1n) is 8.39. The largest absolute Gasteiger partial charge is 0.468 e. The van der Waals surface area contributed by atoms with Crippen LogP contribution in [0.3, 0.4) is 0 Å². The van der Waals surface area contributed by atoms with E-state index in [1.807, 2.05) is 54.6 Å². The highest BCUT2D eigenvalue weighted by Crippen LogP contribution is 2.61. The fraction of sp³-hybridized carbons (Fsp3) is 0.300. The third kappa shape index (κ3) is 2.25. The van der Waals surface area contributed by atoms with Gasteiger partial charge in [-0.1, -0.05) is 54.2 Å². The minimum atomic E-state index is -1.37. The van der Waals surface area contributed by atoms with Crippen molar-refractivity contribution < 1.29 is 19.1 Å². The van der Waals surface area contributed by atoms with Crippen molar-refractivity contribution in [2.24, 2.45) is 5.41 Å². The van der Waals surface area contributed by atoms with Crippen LogP contribution in [0.1, 0.15) is 18.0 Å². The van der Waals surface area contributed by atoms with E-state index >= 15 is 0 Å². The number of rotatable bonds is 3. The molecule has 1 saturated heterocycles. The van der Waals surface area contributed by atoms with Crippen molar-refractivity contribution in [1.29, 1.82) is 0 Å². The van der Waals surface area contributed by atoms with Gasteiger partial charge in [-0.3, -0.25) is 9.59 Å². The van der Waals surface area contributed by atoms with Gasteiger partial charge in [0.25, 0.3) is 0 Å². The Hall–Kier alpha value is -2.47. The van der Waals surface area contributed by atoms with Gasteiger partial charge in [-0.15, -0.1) is 0 Å². The number of para-hydroxylation sites is 1. The SMILES string of the molecule is COC(=O)C1(C(=O)OC)C[C@@H](c2ccccc2)N2c3ccccc3S[C@@H]21. The molecule has 0 saturated carbocycles. The standard InChI is InChI=1S/C20H19NO4S/c1-24-18(22)20(19(23)25-2)12-15(13-8-4-3-5-9-13)21-14-10-6-7-11-16(14)26-17(20)21/h3-11,15,17H,12H2,1-2H3/t15-,17+/m0/s1. The van der Waals surface area contributed by atoms with Gasteiger partial charge in [0.05, 0.1) is 25.9 Å². The zero-order valence-corrected chi connectivity index (χ0v) is 15.4. The summed E-state index contributed by atoms with van der Waals surface area (Å²) < 4.78 is 10.1. The second-order valence-electron chi connectivity index (χ2n) is 6.43. The van der Waals surface area contributed by atoms with Crippen molar-refractivity contribution in [3.63, 3.8) is 0 Å². The van der Waals surface area contributed by atoms with Crippen LogP contribution in [-0.4, -0.2) is 31.5 Å². The number of methoxy groups -OCH3 is 2. The maximum atomic E-state index is 12.8. The molecule has 2 aromatic carbocycles. The second-order valence-corrected chi connectivity index (χ2v) is 7.55. The molecule has 2 heterocycles. The quantitative estimate of drug-likeness (QED) is 0.611. The molecule has 2 aliphatic rings. The van der Waals surface area contributed by atoms with Crippen LogP contribution in [0.5, 0.6) is 0 Å². The molecule has 26 heavy (non-hydrogen) atoms. The van der Waals surface area contributed by atoms with Crippen molar-refractivity contribution >= 4 is 29.4 Å². The van der Waals surface area contributed by atoms with Gasteiger partial charge in [0.1, 0.15) is 5.37 Å². The van der Waals surface area contributed by atoms with E-state index in [2.05, 4.69) is 4.90 Å². The Kier molecular flexibility index (Phi) is 4.15. The van der Waals surface area contributed by atoms with Gasteiger partial charge in [0.15, 0.2) is 5.41 Å². The highest BCUT2D eigenvalue weighted by molar-refractivity contribution is 8.00. The molecule has 0 aliphatic carbocycles. The normalized spacial score (nSPS) is 22.5. The molecule has 0 unspecified atom stereocenters. The molecule has 4 rings (SSSR count). The number of anilines is 1. The van der Waals surface area contributed by atoms with E-state index in [1.165, 1.54) is 26.0 Å². The first-order chi connectivity index (χ1) is 12.6. The van der Waals surface area contributed by atoms with E-state index in [1.54, 1.807) is 0 Å². The summed E-state index contributed by atoms with van der Waals surface area (Å²) in [4.78, 5) is 28.9. The van der Waals surface area contributed by atoms with Crippen LogP contribution in [-0.2, 0) is 19.1 Å². The third-order valence-electron chi connectivity index (χ3n) is 5.19. The van der Waals surface area contributed by atoms with Gasteiger partial charge in [-0.25, -0.2) is 0 Å². The number of esters is 2.